The zero-order valence-electron chi connectivity index (χ0n) is 5.63. The Balaban J connectivity index is 3.04. The normalized spacial score (nSPS) is 9.80. The van der Waals surface area contributed by atoms with E-state index < -0.39 is 0 Å². The Morgan fingerprint density at radius 1 is 1.70 bits per heavy atom. The maximum Gasteiger partial charge on any atom is 0.171 e. The molecule has 54 valence electrons. The van der Waals surface area contributed by atoms with Gasteiger partial charge in [-0.15, -0.1) is 0 Å². The van der Waals surface area contributed by atoms with E-state index in [9.17, 15) is 0 Å². The third kappa shape index (κ3) is 1.36. The average Bonchev–Trinajstić information content (AvgIpc) is 1.95. The van der Waals surface area contributed by atoms with E-state index >= 15 is 0 Å². The predicted molar refractivity (Wildman–Crippen MR) is 40.8 cm³/mol. The van der Waals surface area contributed by atoms with Crippen molar-refractivity contribution in [3.8, 4) is 0 Å². The lowest BCUT2D eigenvalue weighted by atomic mass is 10.4. The highest BCUT2D eigenvalue weighted by atomic mass is 35.5. The van der Waals surface area contributed by atoms with E-state index in [0.29, 0.717) is 11.0 Å². The number of aromatic nitrogens is 2. The smallest absolute Gasteiger partial charge is 0.171 e. The predicted octanol–water partition coefficient (Wildman–Crippen LogP) is 1.27. The van der Waals surface area contributed by atoms with Gasteiger partial charge in [-0.05, 0) is 6.42 Å². The first-order chi connectivity index (χ1) is 4.74. The van der Waals surface area contributed by atoms with E-state index in [1.54, 1.807) is 6.20 Å². The minimum atomic E-state index is 0.291. The summed E-state index contributed by atoms with van der Waals surface area (Å²) in [6.07, 6.45) is 2.45. The van der Waals surface area contributed by atoms with Crippen molar-refractivity contribution in [3.05, 3.63) is 17.0 Å². The second-order valence-electron chi connectivity index (χ2n) is 1.89. The van der Waals surface area contributed by atoms with Crippen LogP contribution in [0, 0.1) is 0 Å². The van der Waals surface area contributed by atoms with Crippen molar-refractivity contribution in [1.29, 1.82) is 0 Å². The van der Waals surface area contributed by atoms with E-state index in [4.69, 9.17) is 17.3 Å². The summed E-state index contributed by atoms with van der Waals surface area (Å²) in [4.78, 5) is 7.80. The number of nitrogens with two attached hydrogens (primary N) is 1. The Kier molecular flexibility index (Phi) is 2.06. The molecule has 0 unspecified atom stereocenters. The van der Waals surface area contributed by atoms with Crippen LogP contribution in [-0.4, -0.2) is 9.97 Å². The molecule has 3 nitrogen and oxygen atoms in total. The number of halogens is 1. The van der Waals surface area contributed by atoms with Gasteiger partial charge in [0.05, 0.1) is 11.9 Å². The lowest BCUT2D eigenvalue weighted by Gasteiger charge is -1.97. The van der Waals surface area contributed by atoms with Gasteiger partial charge in [-0.1, -0.05) is 18.5 Å². The molecule has 0 aromatic carbocycles. The highest BCUT2D eigenvalue weighted by Gasteiger charge is 1.98. The Labute approximate surface area is 64.2 Å². The van der Waals surface area contributed by atoms with Gasteiger partial charge in [0.15, 0.2) is 11.0 Å². The number of nitrogens with zero attached hydrogens (tertiary/aromatic N) is 2. The van der Waals surface area contributed by atoms with Crippen molar-refractivity contribution >= 4 is 17.4 Å². The fraction of sp³-hybridized carbons (Fsp3) is 0.333. The lowest BCUT2D eigenvalue weighted by molar-refractivity contribution is 1.00. The van der Waals surface area contributed by atoms with E-state index in [1.165, 1.54) is 0 Å². The standard InChI is InChI=1S/C6H8ClN3/c1-2-4-3-9-6(8)5(7)10-4/h3H,2H2,1H3,(H2,8,9). The molecule has 0 radical (unpaired) electrons. The largest absolute Gasteiger partial charge is 0.381 e. The molecule has 1 heterocycles. The molecule has 1 rings (SSSR count). The third-order valence-electron chi connectivity index (χ3n) is 1.17. The molecule has 0 aliphatic heterocycles. The molecule has 0 spiro atoms. The molecule has 1 aromatic rings. The van der Waals surface area contributed by atoms with E-state index in [2.05, 4.69) is 9.97 Å². The van der Waals surface area contributed by atoms with Crippen LogP contribution in [0.5, 0.6) is 0 Å². The summed E-state index contributed by atoms with van der Waals surface area (Å²) in [5.41, 5.74) is 6.20. The molecule has 1 aromatic heterocycles. The molecule has 0 amide bonds. The molecule has 0 fully saturated rings. The fourth-order valence-corrected chi connectivity index (χ4v) is 0.737. The minimum Gasteiger partial charge on any atom is -0.381 e. The second-order valence-corrected chi connectivity index (χ2v) is 2.25. The van der Waals surface area contributed by atoms with Crippen molar-refractivity contribution in [2.24, 2.45) is 0 Å². The molecule has 0 saturated carbocycles. The van der Waals surface area contributed by atoms with Crippen molar-refractivity contribution in [2.75, 3.05) is 5.73 Å². The van der Waals surface area contributed by atoms with E-state index in [-0.39, 0.29) is 0 Å². The molecule has 10 heavy (non-hydrogen) atoms. The number of aryl methyl sites for hydroxylation is 1. The summed E-state index contributed by atoms with van der Waals surface area (Å²) in [6, 6.07) is 0. The molecule has 2 N–H and O–H groups in total. The van der Waals surface area contributed by atoms with Crippen LogP contribution >= 0.6 is 11.6 Å². The van der Waals surface area contributed by atoms with Crippen LogP contribution in [0.15, 0.2) is 6.20 Å². The SMILES string of the molecule is CCc1cnc(N)c(Cl)n1. The summed E-state index contributed by atoms with van der Waals surface area (Å²) in [6.45, 7) is 1.98. The Bertz CT molecular complexity index is 236. The van der Waals surface area contributed by atoms with Crippen molar-refractivity contribution < 1.29 is 0 Å². The Morgan fingerprint density at radius 2 is 2.40 bits per heavy atom. The molecule has 0 saturated heterocycles. The molecular formula is C6H8ClN3. The molecular weight excluding hydrogens is 150 g/mol. The average molecular weight is 158 g/mol. The zero-order chi connectivity index (χ0) is 7.56. The van der Waals surface area contributed by atoms with Crippen LogP contribution in [0.3, 0.4) is 0 Å². The van der Waals surface area contributed by atoms with Crippen LogP contribution in [-0.2, 0) is 6.42 Å². The number of anilines is 1. The quantitative estimate of drug-likeness (QED) is 0.668. The zero-order valence-corrected chi connectivity index (χ0v) is 6.39. The van der Waals surface area contributed by atoms with Gasteiger partial charge in [0.25, 0.3) is 0 Å². The van der Waals surface area contributed by atoms with Crippen LogP contribution in [0.25, 0.3) is 0 Å². The summed E-state index contributed by atoms with van der Waals surface area (Å²) in [5.74, 6) is 0.291. The summed E-state index contributed by atoms with van der Waals surface area (Å²) >= 11 is 5.59. The van der Waals surface area contributed by atoms with Crippen LogP contribution in [0.1, 0.15) is 12.6 Å². The highest BCUT2D eigenvalue weighted by molar-refractivity contribution is 6.31. The number of rotatable bonds is 1. The van der Waals surface area contributed by atoms with Crippen molar-refractivity contribution in [2.45, 2.75) is 13.3 Å². The molecule has 0 bridgehead atoms. The number of hydrogen-bond acceptors (Lipinski definition) is 3. The van der Waals surface area contributed by atoms with Crippen LogP contribution in [0.2, 0.25) is 5.15 Å². The summed E-state index contributed by atoms with van der Waals surface area (Å²) in [7, 11) is 0. The van der Waals surface area contributed by atoms with Gasteiger partial charge in [-0.3, -0.25) is 0 Å². The van der Waals surface area contributed by atoms with Crippen LogP contribution < -0.4 is 5.73 Å². The van der Waals surface area contributed by atoms with Gasteiger partial charge in [0.1, 0.15) is 0 Å². The number of nitrogen functional groups attached to an aromatic ring is 1. The van der Waals surface area contributed by atoms with Gasteiger partial charge in [0, 0.05) is 0 Å². The molecule has 0 atom stereocenters. The van der Waals surface area contributed by atoms with Gasteiger partial charge in [-0.25, -0.2) is 9.97 Å². The summed E-state index contributed by atoms with van der Waals surface area (Å²) < 4.78 is 0. The lowest BCUT2D eigenvalue weighted by Crippen LogP contribution is -1.96. The van der Waals surface area contributed by atoms with Gasteiger partial charge < -0.3 is 5.73 Å². The van der Waals surface area contributed by atoms with Crippen LogP contribution in [0.4, 0.5) is 5.82 Å². The van der Waals surface area contributed by atoms with Gasteiger partial charge >= 0.3 is 0 Å². The first-order valence-corrected chi connectivity index (χ1v) is 3.38. The Hall–Kier alpha value is -0.830. The maximum absolute atomic E-state index is 5.59. The van der Waals surface area contributed by atoms with Gasteiger partial charge in [0.2, 0.25) is 0 Å². The Morgan fingerprint density at radius 3 is 2.90 bits per heavy atom. The summed E-state index contributed by atoms with van der Waals surface area (Å²) in [5, 5.41) is 0.291. The van der Waals surface area contributed by atoms with Crippen molar-refractivity contribution in [3.63, 3.8) is 0 Å². The molecule has 4 heteroatoms. The highest BCUT2D eigenvalue weighted by Crippen LogP contribution is 2.11. The first kappa shape index (κ1) is 7.28. The minimum absolute atomic E-state index is 0.291. The third-order valence-corrected chi connectivity index (χ3v) is 1.45. The first-order valence-electron chi connectivity index (χ1n) is 3.01. The second kappa shape index (κ2) is 2.84. The maximum atomic E-state index is 5.59. The number of hydrogen-bond donors (Lipinski definition) is 1. The van der Waals surface area contributed by atoms with E-state index in [1.807, 2.05) is 6.92 Å². The fourth-order valence-electron chi connectivity index (χ4n) is 0.580. The van der Waals surface area contributed by atoms with Crippen molar-refractivity contribution in [1.82, 2.24) is 9.97 Å². The molecule has 0 aliphatic rings. The van der Waals surface area contributed by atoms with Gasteiger partial charge in [-0.2, -0.15) is 0 Å². The van der Waals surface area contributed by atoms with E-state index in [0.717, 1.165) is 12.1 Å². The molecule has 0 aliphatic carbocycles. The monoisotopic (exact) mass is 157 g/mol. The topological polar surface area (TPSA) is 51.8 Å².